The summed E-state index contributed by atoms with van der Waals surface area (Å²) in [5, 5.41) is 6.97. The van der Waals surface area contributed by atoms with Crippen molar-refractivity contribution >= 4 is 34.6 Å². The molecule has 0 radical (unpaired) electrons. The minimum Gasteiger partial charge on any atom is -0.360 e. The number of benzene rings is 1. The maximum absolute atomic E-state index is 11.8. The number of thiocarbonyl (C=S) groups is 1. The Bertz CT molecular complexity index is 526. The van der Waals surface area contributed by atoms with Gasteiger partial charge in [-0.3, -0.25) is 4.79 Å². The van der Waals surface area contributed by atoms with Crippen molar-refractivity contribution < 1.29 is 4.79 Å². The highest BCUT2D eigenvalue weighted by molar-refractivity contribution is 7.80. The molecule has 5 heteroatoms. The van der Waals surface area contributed by atoms with Gasteiger partial charge in [-0.2, -0.15) is 0 Å². The van der Waals surface area contributed by atoms with E-state index in [0.29, 0.717) is 11.2 Å². The molecule has 1 aliphatic heterocycles. The number of carbonyl (C=O) groups excluding carboxylic acids is 1. The Hall–Kier alpha value is -1.62. The molecule has 0 unspecified atom stereocenters. The van der Waals surface area contributed by atoms with Gasteiger partial charge >= 0.3 is 0 Å². The molecule has 1 heterocycles. The maximum Gasteiger partial charge on any atom is 0.244 e. The number of hydrogen-bond donors (Lipinski definition) is 2. The van der Waals surface area contributed by atoms with Crippen LogP contribution in [-0.4, -0.2) is 23.6 Å². The summed E-state index contributed by atoms with van der Waals surface area (Å²) in [6.45, 7) is 0.287. The normalized spacial score (nSPS) is 19.2. The van der Waals surface area contributed by atoms with E-state index in [9.17, 15) is 4.79 Å². The molecule has 1 saturated carbocycles. The molecule has 1 fully saturated rings. The zero-order valence-corrected chi connectivity index (χ0v) is 12.2. The highest BCUT2D eigenvalue weighted by Gasteiger charge is 2.25. The van der Waals surface area contributed by atoms with Crippen molar-refractivity contribution in [3.8, 4) is 0 Å². The van der Waals surface area contributed by atoms with E-state index in [0.717, 1.165) is 11.4 Å². The number of nitrogens with one attached hydrogen (secondary N) is 2. The molecule has 1 aromatic rings. The van der Waals surface area contributed by atoms with E-state index >= 15 is 0 Å². The zero-order valence-electron chi connectivity index (χ0n) is 11.4. The van der Waals surface area contributed by atoms with Crippen LogP contribution in [0.4, 0.5) is 11.4 Å². The van der Waals surface area contributed by atoms with Crippen LogP contribution in [0, 0.1) is 0 Å². The fraction of sp³-hybridized carbons (Fsp3) is 0.467. The van der Waals surface area contributed by atoms with Crippen LogP contribution in [0.15, 0.2) is 24.3 Å². The van der Waals surface area contributed by atoms with Gasteiger partial charge in [-0.25, -0.2) is 0 Å². The summed E-state index contributed by atoms with van der Waals surface area (Å²) >= 11 is 5.52. The standard InChI is InChI=1S/C15H19N3OS/c19-14-10-18(13-9-5-4-8-12(13)17-14)15(20)16-11-6-2-1-3-7-11/h4-5,8-9,11H,1-3,6-7,10H2,(H,16,20)(H,17,19). The molecule has 2 aliphatic rings. The van der Waals surface area contributed by atoms with Gasteiger partial charge in [-0.05, 0) is 37.2 Å². The molecule has 1 aliphatic carbocycles. The second-order valence-electron chi connectivity index (χ2n) is 5.44. The largest absolute Gasteiger partial charge is 0.360 e. The molecule has 2 N–H and O–H groups in total. The first kappa shape index (κ1) is 13.4. The summed E-state index contributed by atoms with van der Waals surface area (Å²) in [6, 6.07) is 8.23. The van der Waals surface area contributed by atoms with Crippen molar-refractivity contribution in [1.29, 1.82) is 0 Å². The van der Waals surface area contributed by atoms with Gasteiger partial charge in [0.2, 0.25) is 5.91 Å². The molecule has 0 saturated heterocycles. The predicted octanol–water partition coefficient (Wildman–Crippen LogP) is 2.65. The van der Waals surface area contributed by atoms with Crippen molar-refractivity contribution in [2.75, 3.05) is 16.8 Å². The summed E-state index contributed by atoms with van der Waals surface area (Å²) in [5.41, 5.74) is 1.80. The first-order valence-corrected chi connectivity index (χ1v) is 7.62. The van der Waals surface area contributed by atoms with Crippen molar-refractivity contribution in [2.45, 2.75) is 38.1 Å². The monoisotopic (exact) mass is 289 g/mol. The maximum atomic E-state index is 11.8. The number of hydrogen-bond acceptors (Lipinski definition) is 2. The van der Waals surface area contributed by atoms with Gasteiger partial charge in [-0.1, -0.05) is 31.4 Å². The number of carbonyl (C=O) groups is 1. The van der Waals surface area contributed by atoms with Crippen LogP contribution in [0.3, 0.4) is 0 Å². The molecular formula is C15H19N3OS. The third kappa shape index (κ3) is 2.77. The summed E-state index contributed by atoms with van der Waals surface area (Å²) in [6.07, 6.45) is 6.18. The predicted molar refractivity (Wildman–Crippen MR) is 85.0 cm³/mol. The van der Waals surface area contributed by atoms with Gasteiger partial charge < -0.3 is 15.5 Å². The van der Waals surface area contributed by atoms with Crippen molar-refractivity contribution in [2.24, 2.45) is 0 Å². The lowest BCUT2D eigenvalue weighted by Crippen LogP contribution is -2.50. The Morgan fingerprint density at radius 3 is 2.80 bits per heavy atom. The lowest BCUT2D eigenvalue weighted by molar-refractivity contribution is -0.115. The van der Waals surface area contributed by atoms with E-state index in [4.69, 9.17) is 12.2 Å². The fourth-order valence-electron chi connectivity index (χ4n) is 2.91. The lowest BCUT2D eigenvalue weighted by Gasteiger charge is -2.34. The summed E-state index contributed by atoms with van der Waals surface area (Å²) < 4.78 is 0. The van der Waals surface area contributed by atoms with E-state index in [1.54, 1.807) is 0 Å². The Balaban J connectivity index is 1.75. The number of nitrogens with zero attached hydrogens (tertiary/aromatic N) is 1. The van der Waals surface area contributed by atoms with Crippen LogP contribution in [-0.2, 0) is 4.79 Å². The van der Waals surface area contributed by atoms with Gasteiger partial charge in [0.15, 0.2) is 5.11 Å². The van der Waals surface area contributed by atoms with Crippen LogP contribution in [0.2, 0.25) is 0 Å². The molecule has 0 atom stereocenters. The topological polar surface area (TPSA) is 44.4 Å². The molecule has 20 heavy (non-hydrogen) atoms. The van der Waals surface area contributed by atoms with E-state index in [1.165, 1.54) is 32.1 Å². The van der Waals surface area contributed by atoms with Gasteiger partial charge in [0.05, 0.1) is 11.4 Å². The lowest BCUT2D eigenvalue weighted by atomic mass is 9.96. The Labute approximate surface area is 124 Å². The number of rotatable bonds is 1. The smallest absolute Gasteiger partial charge is 0.244 e. The Morgan fingerprint density at radius 2 is 2.00 bits per heavy atom. The average Bonchev–Trinajstić information content (AvgIpc) is 2.47. The van der Waals surface area contributed by atoms with Crippen LogP contribution in [0.1, 0.15) is 32.1 Å². The number of anilines is 2. The van der Waals surface area contributed by atoms with E-state index < -0.39 is 0 Å². The van der Waals surface area contributed by atoms with Crippen molar-refractivity contribution in [1.82, 2.24) is 5.32 Å². The molecule has 1 amide bonds. The highest BCUT2D eigenvalue weighted by atomic mass is 32.1. The molecular weight excluding hydrogens is 270 g/mol. The van der Waals surface area contributed by atoms with Crippen molar-refractivity contribution in [3.05, 3.63) is 24.3 Å². The minimum absolute atomic E-state index is 0.0171. The first-order valence-electron chi connectivity index (χ1n) is 7.21. The molecule has 0 aromatic heterocycles. The quantitative estimate of drug-likeness (QED) is 0.780. The van der Waals surface area contributed by atoms with Gasteiger partial charge in [-0.15, -0.1) is 0 Å². The van der Waals surface area contributed by atoms with Crippen LogP contribution < -0.4 is 15.5 Å². The summed E-state index contributed by atoms with van der Waals surface area (Å²) in [5.74, 6) is -0.0171. The number of para-hydroxylation sites is 2. The van der Waals surface area contributed by atoms with E-state index in [2.05, 4.69) is 10.6 Å². The van der Waals surface area contributed by atoms with Crippen LogP contribution >= 0.6 is 12.2 Å². The van der Waals surface area contributed by atoms with Crippen LogP contribution in [0.25, 0.3) is 0 Å². The number of fused-ring (bicyclic) bond motifs is 1. The molecule has 3 rings (SSSR count). The highest BCUT2D eigenvalue weighted by Crippen LogP contribution is 2.29. The van der Waals surface area contributed by atoms with Crippen molar-refractivity contribution in [3.63, 3.8) is 0 Å². The average molecular weight is 289 g/mol. The third-order valence-electron chi connectivity index (χ3n) is 3.95. The molecule has 106 valence electrons. The third-order valence-corrected chi connectivity index (χ3v) is 4.29. The van der Waals surface area contributed by atoms with E-state index in [-0.39, 0.29) is 12.5 Å². The summed E-state index contributed by atoms with van der Waals surface area (Å²) in [4.78, 5) is 13.7. The van der Waals surface area contributed by atoms with Gasteiger partial charge in [0.25, 0.3) is 0 Å². The summed E-state index contributed by atoms with van der Waals surface area (Å²) in [7, 11) is 0. The second-order valence-corrected chi connectivity index (χ2v) is 5.82. The van der Waals surface area contributed by atoms with Crippen LogP contribution in [0.5, 0.6) is 0 Å². The molecule has 1 aromatic carbocycles. The van der Waals surface area contributed by atoms with Gasteiger partial charge in [0, 0.05) is 6.04 Å². The Morgan fingerprint density at radius 1 is 1.25 bits per heavy atom. The Kier molecular flexibility index (Phi) is 3.87. The minimum atomic E-state index is -0.0171. The molecule has 0 bridgehead atoms. The molecule has 0 spiro atoms. The van der Waals surface area contributed by atoms with E-state index in [1.807, 2.05) is 29.2 Å². The molecule has 4 nitrogen and oxygen atoms in total. The first-order chi connectivity index (χ1) is 9.74. The fourth-order valence-corrected chi connectivity index (χ4v) is 3.24. The zero-order chi connectivity index (χ0) is 13.9. The second kappa shape index (κ2) is 5.79. The van der Waals surface area contributed by atoms with Gasteiger partial charge in [0.1, 0.15) is 6.54 Å². The SMILES string of the molecule is O=C1CN(C(=S)NC2CCCCC2)c2ccccc2N1. The number of amides is 1.